The van der Waals surface area contributed by atoms with Gasteiger partial charge in [0.25, 0.3) is 5.91 Å². The SMILES string of the molecule is CCCCC(OCc1cccc(NC(=O)c2ccccc2)c1)c1cccs1. The molecule has 0 spiro atoms. The van der Waals surface area contributed by atoms with Crippen LogP contribution in [-0.2, 0) is 11.3 Å². The fraction of sp³-hybridized carbons (Fsp3) is 0.261. The average Bonchev–Trinajstić information content (AvgIpc) is 3.24. The van der Waals surface area contributed by atoms with E-state index in [-0.39, 0.29) is 12.0 Å². The largest absolute Gasteiger partial charge is 0.368 e. The Morgan fingerprint density at radius 3 is 2.67 bits per heavy atom. The highest BCUT2D eigenvalue weighted by atomic mass is 32.1. The van der Waals surface area contributed by atoms with E-state index in [1.165, 1.54) is 4.88 Å². The minimum Gasteiger partial charge on any atom is -0.368 e. The van der Waals surface area contributed by atoms with E-state index < -0.39 is 0 Å². The summed E-state index contributed by atoms with van der Waals surface area (Å²) in [7, 11) is 0. The molecule has 1 atom stereocenters. The Hall–Kier alpha value is -2.43. The van der Waals surface area contributed by atoms with Crippen molar-refractivity contribution in [2.45, 2.75) is 38.9 Å². The van der Waals surface area contributed by atoms with E-state index in [0.717, 1.165) is 30.5 Å². The van der Waals surface area contributed by atoms with Crippen molar-refractivity contribution in [2.24, 2.45) is 0 Å². The normalized spacial score (nSPS) is 11.9. The lowest BCUT2D eigenvalue weighted by Crippen LogP contribution is -2.12. The number of ether oxygens (including phenoxy) is 1. The molecule has 3 aromatic rings. The summed E-state index contributed by atoms with van der Waals surface area (Å²) >= 11 is 1.74. The number of amides is 1. The third-order valence-electron chi connectivity index (χ3n) is 4.35. The first-order valence-electron chi connectivity index (χ1n) is 9.36. The van der Waals surface area contributed by atoms with Crippen LogP contribution in [0, 0.1) is 0 Å². The number of thiophene rings is 1. The number of rotatable bonds is 9. The summed E-state index contributed by atoms with van der Waals surface area (Å²) in [6.45, 7) is 2.73. The Balaban J connectivity index is 1.62. The molecule has 1 aromatic heterocycles. The van der Waals surface area contributed by atoms with E-state index in [0.29, 0.717) is 12.2 Å². The molecule has 3 nitrogen and oxygen atoms in total. The Labute approximate surface area is 165 Å². The van der Waals surface area contributed by atoms with Crippen LogP contribution in [0.3, 0.4) is 0 Å². The fourth-order valence-electron chi connectivity index (χ4n) is 2.90. The highest BCUT2D eigenvalue weighted by Gasteiger charge is 2.13. The van der Waals surface area contributed by atoms with Gasteiger partial charge in [0.2, 0.25) is 0 Å². The summed E-state index contributed by atoms with van der Waals surface area (Å²) in [5.74, 6) is -0.104. The summed E-state index contributed by atoms with van der Waals surface area (Å²) in [6, 6.07) is 21.3. The maximum atomic E-state index is 12.3. The molecule has 0 aliphatic rings. The number of benzene rings is 2. The third kappa shape index (κ3) is 5.78. The van der Waals surface area contributed by atoms with Crippen LogP contribution in [0.5, 0.6) is 0 Å². The molecule has 1 heterocycles. The molecule has 0 saturated carbocycles. The van der Waals surface area contributed by atoms with Gasteiger partial charge in [-0.3, -0.25) is 4.79 Å². The maximum absolute atomic E-state index is 12.3. The lowest BCUT2D eigenvalue weighted by atomic mass is 10.1. The van der Waals surface area contributed by atoms with Gasteiger partial charge in [-0.15, -0.1) is 11.3 Å². The number of unbranched alkanes of at least 4 members (excludes halogenated alkanes) is 1. The van der Waals surface area contributed by atoms with Gasteiger partial charge in [-0.05, 0) is 47.7 Å². The monoisotopic (exact) mass is 379 g/mol. The molecule has 0 bridgehead atoms. The maximum Gasteiger partial charge on any atom is 0.255 e. The summed E-state index contributed by atoms with van der Waals surface area (Å²) < 4.78 is 6.22. The van der Waals surface area contributed by atoms with Gasteiger partial charge >= 0.3 is 0 Å². The molecular weight excluding hydrogens is 354 g/mol. The Kier molecular flexibility index (Phi) is 7.19. The van der Waals surface area contributed by atoms with Crippen LogP contribution >= 0.6 is 11.3 Å². The molecule has 0 saturated heterocycles. The van der Waals surface area contributed by atoms with Crippen LogP contribution in [-0.4, -0.2) is 5.91 Å². The highest BCUT2D eigenvalue weighted by Crippen LogP contribution is 2.28. The van der Waals surface area contributed by atoms with Crippen molar-refractivity contribution in [2.75, 3.05) is 5.32 Å². The molecule has 1 unspecified atom stereocenters. The molecule has 4 heteroatoms. The smallest absolute Gasteiger partial charge is 0.255 e. The van der Waals surface area contributed by atoms with Crippen molar-refractivity contribution >= 4 is 22.9 Å². The second-order valence-corrected chi connectivity index (χ2v) is 7.46. The first kappa shape index (κ1) is 19.3. The Morgan fingerprint density at radius 2 is 1.93 bits per heavy atom. The summed E-state index contributed by atoms with van der Waals surface area (Å²) in [5, 5.41) is 5.05. The minimum absolute atomic E-state index is 0.104. The van der Waals surface area contributed by atoms with Crippen LogP contribution in [0.1, 0.15) is 53.1 Å². The quantitative estimate of drug-likeness (QED) is 0.464. The van der Waals surface area contributed by atoms with E-state index in [2.05, 4.69) is 29.8 Å². The zero-order valence-electron chi connectivity index (χ0n) is 15.6. The summed E-state index contributed by atoms with van der Waals surface area (Å²) in [6.07, 6.45) is 3.47. The number of carbonyl (C=O) groups excluding carboxylic acids is 1. The number of hydrogen-bond acceptors (Lipinski definition) is 3. The first-order valence-corrected chi connectivity index (χ1v) is 10.2. The molecule has 2 aromatic carbocycles. The van der Waals surface area contributed by atoms with E-state index in [1.807, 2.05) is 54.6 Å². The van der Waals surface area contributed by atoms with E-state index >= 15 is 0 Å². The summed E-state index contributed by atoms with van der Waals surface area (Å²) in [4.78, 5) is 13.6. The molecule has 0 fully saturated rings. The predicted molar refractivity (Wildman–Crippen MR) is 112 cm³/mol. The van der Waals surface area contributed by atoms with Crippen molar-refractivity contribution < 1.29 is 9.53 Å². The second kappa shape index (κ2) is 10.0. The predicted octanol–water partition coefficient (Wildman–Crippen LogP) is 6.45. The number of nitrogens with one attached hydrogen (secondary N) is 1. The van der Waals surface area contributed by atoms with Crippen LogP contribution in [0.15, 0.2) is 72.1 Å². The topological polar surface area (TPSA) is 38.3 Å². The van der Waals surface area contributed by atoms with Crippen molar-refractivity contribution in [3.63, 3.8) is 0 Å². The number of anilines is 1. The van der Waals surface area contributed by atoms with E-state index in [1.54, 1.807) is 11.3 Å². The number of carbonyl (C=O) groups is 1. The van der Waals surface area contributed by atoms with Crippen molar-refractivity contribution in [1.29, 1.82) is 0 Å². The molecule has 27 heavy (non-hydrogen) atoms. The van der Waals surface area contributed by atoms with Gasteiger partial charge in [0.15, 0.2) is 0 Å². The molecule has 1 amide bonds. The standard InChI is InChI=1S/C23H25NO2S/c1-2-3-13-21(22-14-8-15-27-22)26-17-18-9-7-12-20(16-18)24-23(25)19-10-5-4-6-11-19/h4-12,14-16,21H,2-3,13,17H2,1H3,(H,24,25). The average molecular weight is 380 g/mol. The van der Waals surface area contributed by atoms with Gasteiger partial charge in [-0.1, -0.05) is 56.2 Å². The fourth-order valence-corrected chi connectivity index (χ4v) is 3.71. The van der Waals surface area contributed by atoms with Crippen molar-refractivity contribution in [3.8, 4) is 0 Å². The van der Waals surface area contributed by atoms with Gasteiger partial charge in [0, 0.05) is 16.1 Å². The Morgan fingerprint density at radius 1 is 1.07 bits per heavy atom. The van der Waals surface area contributed by atoms with Gasteiger partial charge < -0.3 is 10.1 Å². The van der Waals surface area contributed by atoms with Crippen LogP contribution in [0.25, 0.3) is 0 Å². The van der Waals surface area contributed by atoms with Gasteiger partial charge in [0.1, 0.15) is 0 Å². The van der Waals surface area contributed by atoms with Gasteiger partial charge in [-0.25, -0.2) is 0 Å². The van der Waals surface area contributed by atoms with Crippen molar-refractivity contribution in [1.82, 2.24) is 0 Å². The Bertz CT molecular complexity index is 831. The van der Waals surface area contributed by atoms with Gasteiger partial charge in [-0.2, -0.15) is 0 Å². The minimum atomic E-state index is -0.104. The zero-order valence-corrected chi connectivity index (χ0v) is 16.4. The lowest BCUT2D eigenvalue weighted by molar-refractivity contribution is 0.0348. The molecule has 1 N–H and O–H groups in total. The zero-order chi connectivity index (χ0) is 18.9. The second-order valence-electron chi connectivity index (χ2n) is 6.48. The van der Waals surface area contributed by atoms with Gasteiger partial charge in [0.05, 0.1) is 12.7 Å². The highest BCUT2D eigenvalue weighted by molar-refractivity contribution is 7.10. The molecule has 0 radical (unpaired) electrons. The van der Waals surface area contributed by atoms with Crippen molar-refractivity contribution in [3.05, 3.63) is 88.1 Å². The van der Waals surface area contributed by atoms with Crippen LogP contribution in [0.2, 0.25) is 0 Å². The number of hydrogen-bond donors (Lipinski definition) is 1. The molecule has 140 valence electrons. The molecule has 0 aliphatic carbocycles. The van der Waals surface area contributed by atoms with E-state index in [9.17, 15) is 4.79 Å². The summed E-state index contributed by atoms with van der Waals surface area (Å²) in [5.41, 5.74) is 2.49. The third-order valence-corrected chi connectivity index (χ3v) is 5.32. The molecular formula is C23H25NO2S. The first-order chi connectivity index (χ1) is 13.3. The van der Waals surface area contributed by atoms with E-state index in [4.69, 9.17) is 4.74 Å². The molecule has 3 rings (SSSR count). The molecule has 0 aliphatic heterocycles. The van der Waals surface area contributed by atoms with Crippen LogP contribution in [0.4, 0.5) is 5.69 Å². The van der Waals surface area contributed by atoms with Crippen LogP contribution < -0.4 is 5.32 Å². The lowest BCUT2D eigenvalue weighted by Gasteiger charge is -2.17.